The summed E-state index contributed by atoms with van der Waals surface area (Å²) in [6, 6.07) is 13.8. The summed E-state index contributed by atoms with van der Waals surface area (Å²) >= 11 is 0. The summed E-state index contributed by atoms with van der Waals surface area (Å²) in [6.45, 7) is -1.64. The number of pyridine rings is 1. The van der Waals surface area contributed by atoms with Gasteiger partial charge in [-0.25, -0.2) is 9.37 Å². The first-order valence-corrected chi connectivity index (χ1v) is 10.5. The van der Waals surface area contributed by atoms with E-state index in [1.54, 1.807) is 18.2 Å². The van der Waals surface area contributed by atoms with E-state index in [9.17, 15) is 27.2 Å². The van der Waals surface area contributed by atoms with Crippen LogP contribution in [0.1, 0.15) is 44.7 Å². The van der Waals surface area contributed by atoms with Crippen molar-refractivity contribution < 1.29 is 27.2 Å². The molecule has 180 valence electrons. The second-order valence-electron chi connectivity index (χ2n) is 7.94. The molecule has 11 heteroatoms. The number of nitriles is 2. The van der Waals surface area contributed by atoms with Crippen molar-refractivity contribution in [1.29, 1.82) is 10.5 Å². The lowest BCUT2D eigenvalue weighted by atomic mass is 9.79. The lowest BCUT2D eigenvalue weighted by molar-refractivity contribution is -0.148. The van der Waals surface area contributed by atoms with Gasteiger partial charge in [0.15, 0.2) is 0 Å². The van der Waals surface area contributed by atoms with Gasteiger partial charge in [0.2, 0.25) is 5.91 Å². The van der Waals surface area contributed by atoms with Gasteiger partial charge in [0.25, 0.3) is 5.91 Å². The maximum Gasteiger partial charge on any atom is 0.406 e. The second kappa shape index (κ2) is 9.47. The number of amides is 2. The van der Waals surface area contributed by atoms with E-state index in [-0.39, 0.29) is 33.6 Å². The molecule has 2 aromatic carbocycles. The van der Waals surface area contributed by atoms with Crippen LogP contribution in [0.3, 0.4) is 0 Å². The first-order valence-electron chi connectivity index (χ1n) is 10.5. The SMILES string of the molecule is N#Cc1ccc(C2C(C(=O)Nc3ccc(F)c(C#N)c3)c3ccccc3C(=O)N2CC(F)(F)F)cn1. The van der Waals surface area contributed by atoms with Crippen LogP contribution >= 0.6 is 0 Å². The number of halogens is 4. The van der Waals surface area contributed by atoms with Crippen molar-refractivity contribution in [2.24, 2.45) is 0 Å². The number of benzene rings is 2. The van der Waals surface area contributed by atoms with E-state index >= 15 is 0 Å². The normalized spacial score (nSPS) is 17.1. The average molecular weight is 493 g/mol. The van der Waals surface area contributed by atoms with Gasteiger partial charge < -0.3 is 10.2 Å². The molecule has 2 amide bonds. The van der Waals surface area contributed by atoms with Gasteiger partial charge >= 0.3 is 6.18 Å². The third kappa shape index (κ3) is 4.72. The molecule has 0 spiro atoms. The number of alkyl halides is 3. The Morgan fingerprint density at radius 2 is 1.83 bits per heavy atom. The highest BCUT2D eigenvalue weighted by Gasteiger charge is 2.47. The van der Waals surface area contributed by atoms with Crippen LogP contribution in [0.15, 0.2) is 60.8 Å². The van der Waals surface area contributed by atoms with Gasteiger partial charge in [-0.15, -0.1) is 0 Å². The lowest BCUT2D eigenvalue weighted by Crippen LogP contribution is -2.49. The summed E-state index contributed by atoms with van der Waals surface area (Å²) in [6.07, 6.45) is -3.63. The fraction of sp³-hybridized carbons (Fsp3) is 0.160. The number of rotatable bonds is 4. The van der Waals surface area contributed by atoms with Gasteiger partial charge in [0.1, 0.15) is 30.2 Å². The number of nitrogens with one attached hydrogen (secondary N) is 1. The Hall–Kier alpha value is -4.77. The van der Waals surface area contributed by atoms with Gasteiger partial charge in [0.05, 0.1) is 17.5 Å². The molecule has 0 saturated heterocycles. The van der Waals surface area contributed by atoms with Gasteiger partial charge in [-0.1, -0.05) is 24.3 Å². The first-order chi connectivity index (χ1) is 17.1. The first kappa shape index (κ1) is 24.4. The molecule has 3 aromatic rings. The summed E-state index contributed by atoms with van der Waals surface area (Å²) in [4.78, 5) is 31.2. The minimum atomic E-state index is -4.78. The van der Waals surface area contributed by atoms with E-state index in [0.29, 0.717) is 4.90 Å². The Morgan fingerprint density at radius 1 is 1.08 bits per heavy atom. The molecule has 0 fully saturated rings. The quantitative estimate of drug-likeness (QED) is 0.540. The van der Waals surface area contributed by atoms with Crippen molar-refractivity contribution in [1.82, 2.24) is 9.88 Å². The molecule has 36 heavy (non-hydrogen) atoms. The summed E-state index contributed by atoms with van der Waals surface area (Å²) in [5.41, 5.74) is -0.0602. The number of hydrogen-bond acceptors (Lipinski definition) is 5. The molecule has 4 rings (SSSR count). The summed E-state index contributed by atoms with van der Waals surface area (Å²) in [7, 11) is 0. The van der Waals surface area contributed by atoms with Crippen molar-refractivity contribution in [3.63, 3.8) is 0 Å². The van der Waals surface area contributed by atoms with Crippen molar-refractivity contribution in [3.8, 4) is 12.1 Å². The maximum atomic E-state index is 13.7. The fourth-order valence-corrected chi connectivity index (χ4v) is 4.17. The number of anilines is 1. The number of aromatic nitrogens is 1. The number of fused-ring (bicyclic) bond motifs is 1. The lowest BCUT2D eigenvalue weighted by Gasteiger charge is -2.41. The minimum Gasteiger partial charge on any atom is -0.325 e. The molecular weight excluding hydrogens is 478 g/mol. The zero-order valence-corrected chi connectivity index (χ0v) is 18.3. The van der Waals surface area contributed by atoms with E-state index in [1.807, 2.05) is 0 Å². The van der Waals surface area contributed by atoms with Crippen molar-refractivity contribution in [2.45, 2.75) is 18.1 Å². The molecule has 1 aliphatic heterocycles. The van der Waals surface area contributed by atoms with Gasteiger partial charge in [-0.05, 0) is 41.5 Å². The van der Waals surface area contributed by atoms with Crippen molar-refractivity contribution in [2.75, 3.05) is 11.9 Å². The third-order valence-corrected chi connectivity index (χ3v) is 5.67. The molecule has 2 heterocycles. The Balaban J connectivity index is 1.86. The average Bonchev–Trinajstić information content (AvgIpc) is 2.86. The molecular formula is C25H15F4N5O2. The second-order valence-corrected chi connectivity index (χ2v) is 7.94. The number of carbonyl (C=O) groups excluding carboxylic acids is 2. The number of hydrogen-bond donors (Lipinski definition) is 1. The highest BCUT2D eigenvalue weighted by molar-refractivity contribution is 6.04. The van der Waals surface area contributed by atoms with Crippen LogP contribution < -0.4 is 5.32 Å². The van der Waals surface area contributed by atoms with Crippen molar-refractivity contribution >= 4 is 17.5 Å². The minimum absolute atomic E-state index is 0.00000381. The van der Waals surface area contributed by atoms with Crippen LogP contribution in [0.4, 0.5) is 23.2 Å². The van der Waals surface area contributed by atoms with Crippen LogP contribution in [-0.4, -0.2) is 34.4 Å². The predicted molar refractivity (Wildman–Crippen MR) is 118 cm³/mol. The Kier molecular flexibility index (Phi) is 6.41. The van der Waals surface area contributed by atoms with E-state index in [4.69, 9.17) is 10.5 Å². The zero-order chi connectivity index (χ0) is 26.0. The fourth-order valence-electron chi connectivity index (χ4n) is 4.17. The van der Waals surface area contributed by atoms with Crippen molar-refractivity contribution in [3.05, 3.63) is 94.6 Å². The van der Waals surface area contributed by atoms with Crippen LogP contribution in [0.25, 0.3) is 0 Å². The molecule has 2 unspecified atom stereocenters. The van der Waals surface area contributed by atoms with Gasteiger partial charge in [-0.3, -0.25) is 9.59 Å². The summed E-state index contributed by atoms with van der Waals surface area (Å²) < 4.78 is 54.5. The van der Waals surface area contributed by atoms with Crippen LogP contribution in [-0.2, 0) is 4.79 Å². The molecule has 0 saturated carbocycles. The van der Waals surface area contributed by atoms with E-state index in [2.05, 4.69) is 10.3 Å². The Bertz CT molecular complexity index is 1420. The Morgan fingerprint density at radius 3 is 2.47 bits per heavy atom. The van der Waals surface area contributed by atoms with Crippen LogP contribution in [0.2, 0.25) is 0 Å². The molecule has 7 nitrogen and oxygen atoms in total. The molecule has 2 atom stereocenters. The van der Waals surface area contributed by atoms with Crippen LogP contribution in [0, 0.1) is 28.5 Å². The third-order valence-electron chi connectivity index (χ3n) is 5.67. The highest BCUT2D eigenvalue weighted by Crippen LogP contribution is 2.44. The van der Waals surface area contributed by atoms with E-state index in [1.165, 1.54) is 36.4 Å². The van der Waals surface area contributed by atoms with Gasteiger partial charge in [-0.2, -0.15) is 23.7 Å². The molecule has 0 bridgehead atoms. The van der Waals surface area contributed by atoms with E-state index in [0.717, 1.165) is 18.3 Å². The standard InChI is InChI=1S/C25H15F4N5O2/c26-20-8-7-16(9-15(20)10-30)33-23(35)21-18-3-1-2-4-19(18)24(36)34(13-25(27,28)29)22(21)14-5-6-17(11-31)32-12-14/h1-9,12,21-22H,13H2,(H,33,35). The summed E-state index contributed by atoms with van der Waals surface area (Å²) in [5, 5.41) is 20.6. The summed E-state index contributed by atoms with van der Waals surface area (Å²) in [5.74, 6) is -3.84. The largest absolute Gasteiger partial charge is 0.406 e. The molecule has 1 N–H and O–H groups in total. The van der Waals surface area contributed by atoms with E-state index < -0.39 is 42.3 Å². The van der Waals surface area contributed by atoms with Crippen LogP contribution in [0.5, 0.6) is 0 Å². The predicted octanol–water partition coefficient (Wildman–Crippen LogP) is 4.45. The monoisotopic (exact) mass is 493 g/mol. The molecule has 0 radical (unpaired) electrons. The molecule has 1 aromatic heterocycles. The van der Waals surface area contributed by atoms with Gasteiger partial charge in [0, 0.05) is 17.4 Å². The number of nitrogens with zero attached hydrogens (tertiary/aromatic N) is 4. The highest BCUT2D eigenvalue weighted by atomic mass is 19.4. The maximum absolute atomic E-state index is 13.7. The molecule has 0 aliphatic carbocycles. The smallest absolute Gasteiger partial charge is 0.325 e. The number of carbonyl (C=O) groups is 2. The Labute approximate surface area is 202 Å². The molecule has 1 aliphatic rings. The topological polar surface area (TPSA) is 110 Å². The zero-order valence-electron chi connectivity index (χ0n) is 18.3.